The van der Waals surface area contributed by atoms with Crippen LogP contribution >= 0.6 is 11.3 Å². The lowest BCUT2D eigenvalue weighted by molar-refractivity contribution is 0.466. The third-order valence-electron chi connectivity index (χ3n) is 4.63. The van der Waals surface area contributed by atoms with Crippen molar-refractivity contribution in [3.63, 3.8) is 0 Å². The Balaban J connectivity index is 1.64. The molecule has 0 unspecified atom stereocenters. The van der Waals surface area contributed by atoms with E-state index in [9.17, 15) is 8.42 Å². The lowest BCUT2D eigenvalue weighted by Gasteiger charge is -2.17. The second-order valence-corrected chi connectivity index (χ2v) is 9.78. The Hall–Kier alpha value is -2.74. The average Bonchev–Trinajstić information content (AvgIpc) is 3.39. The normalized spacial score (nSPS) is 11.8. The standard InChI is InChI=1S/C22H21N3O2S2/c1-24(29(26,27)17-18-9-4-2-5-10-18)15-19-16-25(20-11-6-3-7-12-20)23-22(19)21-13-8-14-28-21/h2-14,16H,15,17H2,1H3. The summed E-state index contributed by atoms with van der Waals surface area (Å²) in [6, 6.07) is 23.0. The molecule has 0 aliphatic rings. The van der Waals surface area contributed by atoms with Gasteiger partial charge in [0.2, 0.25) is 10.0 Å². The van der Waals surface area contributed by atoms with Gasteiger partial charge in [-0.1, -0.05) is 54.6 Å². The molecular weight excluding hydrogens is 402 g/mol. The Labute approximate surface area is 174 Å². The van der Waals surface area contributed by atoms with Crippen molar-refractivity contribution < 1.29 is 8.42 Å². The van der Waals surface area contributed by atoms with Gasteiger partial charge in [-0.25, -0.2) is 17.4 Å². The van der Waals surface area contributed by atoms with Gasteiger partial charge in [0.05, 0.1) is 16.3 Å². The van der Waals surface area contributed by atoms with Gasteiger partial charge in [-0.3, -0.25) is 0 Å². The molecule has 2 aromatic carbocycles. The van der Waals surface area contributed by atoms with Gasteiger partial charge in [-0.05, 0) is 29.1 Å². The van der Waals surface area contributed by atoms with Crippen molar-refractivity contribution in [3.05, 3.63) is 95.5 Å². The number of para-hydroxylation sites is 1. The Morgan fingerprint density at radius 1 is 0.966 bits per heavy atom. The topological polar surface area (TPSA) is 55.2 Å². The van der Waals surface area contributed by atoms with Gasteiger partial charge in [0.15, 0.2) is 0 Å². The molecule has 0 atom stereocenters. The molecule has 0 saturated heterocycles. The number of aromatic nitrogens is 2. The zero-order chi connectivity index (χ0) is 20.3. The zero-order valence-corrected chi connectivity index (χ0v) is 17.6. The predicted octanol–water partition coefficient (Wildman–Crippen LogP) is 4.56. The average molecular weight is 424 g/mol. The number of nitrogens with zero attached hydrogens (tertiary/aromatic N) is 3. The Bertz CT molecular complexity index is 1170. The first-order valence-corrected chi connectivity index (χ1v) is 11.7. The molecule has 5 nitrogen and oxygen atoms in total. The minimum atomic E-state index is -3.45. The van der Waals surface area contributed by atoms with Gasteiger partial charge in [0.25, 0.3) is 0 Å². The van der Waals surface area contributed by atoms with Crippen molar-refractivity contribution in [3.8, 4) is 16.3 Å². The minimum Gasteiger partial charge on any atom is -0.240 e. The van der Waals surface area contributed by atoms with Gasteiger partial charge in [0, 0.05) is 25.4 Å². The molecule has 0 N–H and O–H groups in total. The van der Waals surface area contributed by atoms with Gasteiger partial charge < -0.3 is 0 Å². The lowest BCUT2D eigenvalue weighted by Crippen LogP contribution is -2.27. The van der Waals surface area contributed by atoms with Crippen molar-refractivity contribution in [1.82, 2.24) is 14.1 Å². The van der Waals surface area contributed by atoms with Crippen molar-refractivity contribution >= 4 is 21.4 Å². The van der Waals surface area contributed by atoms with Crippen LogP contribution in [0.1, 0.15) is 11.1 Å². The molecule has 2 heterocycles. The molecule has 0 spiro atoms. The first-order chi connectivity index (χ1) is 14.0. The summed E-state index contributed by atoms with van der Waals surface area (Å²) in [5.41, 5.74) is 3.39. The fourth-order valence-electron chi connectivity index (χ4n) is 3.09. The van der Waals surface area contributed by atoms with E-state index in [1.54, 1.807) is 18.4 Å². The SMILES string of the molecule is CN(Cc1cn(-c2ccccc2)nc1-c1cccs1)S(=O)(=O)Cc1ccccc1. The molecule has 0 aliphatic carbocycles. The Kier molecular flexibility index (Phi) is 5.62. The van der Waals surface area contributed by atoms with Crippen LogP contribution in [0.4, 0.5) is 0 Å². The van der Waals surface area contributed by atoms with Crippen LogP contribution in [0, 0.1) is 0 Å². The molecule has 4 aromatic rings. The quantitative estimate of drug-likeness (QED) is 0.438. The van der Waals surface area contributed by atoms with Crippen molar-refractivity contribution in [2.75, 3.05) is 7.05 Å². The van der Waals surface area contributed by atoms with Crippen molar-refractivity contribution in [1.29, 1.82) is 0 Å². The number of thiophene rings is 1. The van der Waals surface area contributed by atoms with Crippen LogP contribution in [0.3, 0.4) is 0 Å². The third kappa shape index (κ3) is 4.48. The van der Waals surface area contributed by atoms with E-state index in [1.165, 1.54) is 4.31 Å². The molecular formula is C22H21N3O2S2. The van der Waals surface area contributed by atoms with E-state index in [0.29, 0.717) is 0 Å². The molecule has 4 rings (SSSR count). The number of hydrogen-bond donors (Lipinski definition) is 0. The zero-order valence-electron chi connectivity index (χ0n) is 16.0. The molecule has 0 bridgehead atoms. The maximum atomic E-state index is 12.9. The van der Waals surface area contributed by atoms with Gasteiger partial charge in [0.1, 0.15) is 5.69 Å². The molecule has 148 valence electrons. The van der Waals surface area contributed by atoms with Gasteiger partial charge in [-0.2, -0.15) is 5.10 Å². The Morgan fingerprint density at radius 2 is 1.66 bits per heavy atom. The predicted molar refractivity (Wildman–Crippen MR) is 117 cm³/mol. The molecule has 0 fully saturated rings. The van der Waals surface area contributed by atoms with Crippen LogP contribution in [-0.2, 0) is 22.3 Å². The van der Waals surface area contributed by atoms with E-state index < -0.39 is 10.0 Å². The molecule has 0 radical (unpaired) electrons. The molecule has 7 heteroatoms. The summed E-state index contributed by atoms with van der Waals surface area (Å²) in [4.78, 5) is 1.02. The number of benzene rings is 2. The largest absolute Gasteiger partial charge is 0.240 e. The number of hydrogen-bond acceptors (Lipinski definition) is 4. The highest BCUT2D eigenvalue weighted by Gasteiger charge is 2.22. The van der Waals surface area contributed by atoms with Gasteiger partial charge in [-0.15, -0.1) is 11.3 Å². The fraction of sp³-hybridized carbons (Fsp3) is 0.136. The number of rotatable bonds is 7. The summed E-state index contributed by atoms with van der Waals surface area (Å²) in [5.74, 6) is -0.0223. The van der Waals surface area contributed by atoms with Crippen molar-refractivity contribution in [2.24, 2.45) is 0 Å². The highest BCUT2D eigenvalue weighted by molar-refractivity contribution is 7.88. The third-order valence-corrected chi connectivity index (χ3v) is 7.28. The van der Waals surface area contributed by atoms with E-state index in [0.717, 1.165) is 27.4 Å². The van der Waals surface area contributed by atoms with E-state index in [2.05, 4.69) is 0 Å². The van der Waals surface area contributed by atoms with Crippen LogP contribution in [0.25, 0.3) is 16.3 Å². The van der Waals surface area contributed by atoms with Crippen LogP contribution in [-0.4, -0.2) is 29.6 Å². The fourth-order valence-corrected chi connectivity index (χ4v) is 5.01. The summed E-state index contributed by atoms with van der Waals surface area (Å²) in [7, 11) is -1.83. The van der Waals surface area contributed by atoms with E-state index in [4.69, 9.17) is 5.10 Å². The molecule has 0 amide bonds. The molecule has 0 aliphatic heterocycles. The molecule has 29 heavy (non-hydrogen) atoms. The van der Waals surface area contributed by atoms with E-state index in [-0.39, 0.29) is 12.3 Å². The molecule has 0 saturated carbocycles. The van der Waals surface area contributed by atoms with Gasteiger partial charge >= 0.3 is 0 Å². The second kappa shape index (κ2) is 8.32. The lowest BCUT2D eigenvalue weighted by atomic mass is 10.2. The summed E-state index contributed by atoms with van der Waals surface area (Å²) >= 11 is 1.59. The van der Waals surface area contributed by atoms with Crippen LogP contribution < -0.4 is 0 Å². The monoisotopic (exact) mass is 423 g/mol. The summed E-state index contributed by atoms with van der Waals surface area (Å²) < 4.78 is 29.0. The maximum Gasteiger partial charge on any atom is 0.218 e. The highest BCUT2D eigenvalue weighted by Crippen LogP contribution is 2.29. The smallest absolute Gasteiger partial charge is 0.218 e. The first-order valence-electron chi connectivity index (χ1n) is 9.19. The Morgan fingerprint density at radius 3 is 2.31 bits per heavy atom. The minimum absolute atomic E-state index is 0.0223. The molecule has 2 aromatic heterocycles. The first kappa shape index (κ1) is 19.6. The summed E-state index contributed by atoms with van der Waals surface area (Å²) in [6.07, 6.45) is 1.92. The van der Waals surface area contributed by atoms with Crippen LogP contribution in [0.2, 0.25) is 0 Å². The summed E-state index contributed by atoms with van der Waals surface area (Å²) in [6.45, 7) is 0.259. The second-order valence-electron chi connectivity index (χ2n) is 6.76. The van der Waals surface area contributed by atoms with Crippen LogP contribution in [0.5, 0.6) is 0 Å². The maximum absolute atomic E-state index is 12.9. The highest BCUT2D eigenvalue weighted by atomic mass is 32.2. The summed E-state index contributed by atoms with van der Waals surface area (Å²) in [5, 5.41) is 6.74. The van der Waals surface area contributed by atoms with Crippen LogP contribution in [0.15, 0.2) is 84.4 Å². The van der Waals surface area contributed by atoms with E-state index >= 15 is 0 Å². The van der Waals surface area contributed by atoms with Crippen molar-refractivity contribution in [2.45, 2.75) is 12.3 Å². The van der Waals surface area contributed by atoms with E-state index in [1.807, 2.05) is 89.1 Å². The number of sulfonamides is 1.